The van der Waals surface area contributed by atoms with Crippen molar-refractivity contribution in [1.29, 1.82) is 0 Å². The SMILES string of the molecule is CCOC(=O)C(=O)Cc1cc(F)c(F)c(OC)c1F. The minimum atomic E-state index is -1.49. The molecule has 1 rings (SSSR count). The zero-order valence-corrected chi connectivity index (χ0v) is 10.3. The molecule has 0 aliphatic heterocycles. The molecule has 0 bridgehead atoms. The second kappa shape index (κ2) is 6.21. The van der Waals surface area contributed by atoms with Crippen LogP contribution in [0.1, 0.15) is 12.5 Å². The fourth-order valence-corrected chi connectivity index (χ4v) is 1.39. The van der Waals surface area contributed by atoms with E-state index in [9.17, 15) is 22.8 Å². The number of esters is 1. The van der Waals surface area contributed by atoms with Crippen LogP contribution in [0, 0.1) is 17.5 Å². The van der Waals surface area contributed by atoms with E-state index in [-0.39, 0.29) is 6.61 Å². The number of ether oxygens (including phenoxy) is 2. The fraction of sp³-hybridized carbons (Fsp3) is 0.333. The highest BCUT2D eigenvalue weighted by molar-refractivity contribution is 6.34. The summed E-state index contributed by atoms with van der Waals surface area (Å²) in [6.07, 6.45) is -0.738. The zero-order valence-electron chi connectivity index (χ0n) is 10.3. The highest BCUT2D eigenvalue weighted by Gasteiger charge is 2.23. The molecule has 4 nitrogen and oxygen atoms in total. The van der Waals surface area contributed by atoms with Crippen LogP contribution in [0.15, 0.2) is 6.07 Å². The Morgan fingerprint density at radius 3 is 2.37 bits per heavy atom. The molecule has 0 aromatic heterocycles. The van der Waals surface area contributed by atoms with E-state index in [1.807, 2.05) is 0 Å². The molecule has 0 radical (unpaired) electrons. The van der Waals surface area contributed by atoms with Gasteiger partial charge in [-0.05, 0) is 13.0 Å². The number of ketones is 1. The average molecular weight is 276 g/mol. The molecule has 0 atom stereocenters. The van der Waals surface area contributed by atoms with Gasteiger partial charge in [0.25, 0.3) is 0 Å². The third kappa shape index (κ3) is 3.24. The molecule has 0 spiro atoms. The Bertz CT molecular complexity index is 514. The van der Waals surface area contributed by atoms with Gasteiger partial charge in [-0.1, -0.05) is 0 Å². The topological polar surface area (TPSA) is 52.6 Å². The Morgan fingerprint density at radius 1 is 1.21 bits per heavy atom. The molecular weight excluding hydrogens is 265 g/mol. The maximum atomic E-state index is 13.7. The van der Waals surface area contributed by atoms with E-state index in [0.29, 0.717) is 6.07 Å². The molecular formula is C12H11F3O4. The lowest BCUT2D eigenvalue weighted by Crippen LogP contribution is -2.20. The largest absolute Gasteiger partial charge is 0.491 e. The molecule has 0 amide bonds. The minimum absolute atomic E-state index is 0.0197. The first kappa shape index (κ1) is 15.0. The lowest BCUT2D eigenvalue weighted by atomic mass is 10.1. The molecule has 0 saturated carbocycles. The number of rotatable bonds is 5. The normalized spacial score (nSPS) is 10.2. The third-order valence-corrected chi connectivity index (χ3v) is 2.25. The van der Waals surface area contributed by atoms with Crippen molar-refractivity contribution in [3.05, 3.63) is 29.1 Å². The molecule has 0 aliphatic carbocycles. The van der Waals surface area contributed by atoms with Gasteiger partial charge in [0, 0.05) is 12.0 Å². The van der Waals surface area contributed by atoms with Crippen LogP contribution >= 0.6 is 0 Å². The van der Waals surface area contributed by atoms with Crippen LogP contribution in [0.3, 0.4) is 0 Å². The first-order chi connectivity index (χ1) is 8.92. The molecule has 0 unspecified atom stereocenters. The summed E-state index contributed by atoms with van der Waals surface area (Å²) in [7, 11) is 0.956. The van der Waals surface area contributed by atoms with Gasteiger partial charge in [0.15, 0.2) is 17.4 Å². The second-order valence-corrected chi connectivity index (χ2v) is 3.50. The summed E-state index contributed by atoms with van der Waals surface area (Å²) >= 11 is 0. The highest BCUT2D eigenvalue weighted by atomic mass is 19.2. The van der Waals surface area contributed by atoms with Crippen molar-refractivity contribution in [2.75, 3.05) is 13.7 Å². The van der Waals surface area contributed by atoms with E-state index in [4.69, 9.17) is 0 Å². The van der Waals surface area contributed by atoms with Crippen molar-refractivity contribution in [3.8, 4) is 5.75 Å². The zero-order chi connectivity index (χ0) is 14.6. The predicted molar refractivity (Wildman–Crippen MR) is 58.2 cm³/mol. The first-order valence-corrected chi connectivity index (χ1v) is 5.32. The lowest BCUT2D eigenvalue weighted by molar-refractivity contribution is -0.153. The summed E-state index contributed by atoms with van der Waals surface area (Å²) in [5.74, 6) is -7.25. The lowest BCUT2D eigenvalue weighted by Gasteiger charge is -2.08. The van der Waals surface area contributed by atoms with Crippen LogP contribution in [-0.2, 0) is 20.7 Å². The summed E-state index contributed by atoms with van der Waals surface area (Å²) in [5, 5.41) is 0. The summed E-state index contributed by atoms with van der Waals surface area (Å²) in [5.41, 5.74) is -0.478. The quantitative estimate of drug-likeness (QED) is 0.467. The number of hydrogen-bond acceptors (Lipinski definition) is 4. The third-order valence-electron chi connectivity index (χ3n) is 2.25. The monoisotopic (exact) mass is 276 g/mol. The van der Waals surface area contributed by atoms with Crippen molar-refractivity contribution >= 4 is 11.8 Å². The van der Waals surface area contributed by atoms with Gasteiger partial charge in [-0.3, -0.25) is 4.79 Å². The molecule has 0 saturated heterocycles. The summed E-state index contributed by atoms with van der Waals surface area (Å²) in [4.78, 5) is 22.4. The molecule has 7 heteroatoms. The van der Waals surface area contributed by atoms with Crippen LogP contribution in [-0.4, -0.2) is 25.5 Å². The van der Waals surface area contributed by atoms with Gasteiger partial charge in [0.1, 0.15) is 0 Å². The van der Waals surface area contributed by atoms with Gasteiger partial charge < -0.3 is 9.47 Å². The fourth-order valence-electron chi connectivity index (χ4n) is 1.39. The Labute approximate surface area is 107 Å². The molecule has 0 N–H and O–H groups in total. The van der Waals surface area contributed by atoms with Crippen LogP contribution in [0.2, 0.25) is 0 Å². The number of carbonyl (C=O) groups is 2. The maximum absolute atomic E-state index is 13.7. The van der Waals surface area contributed by atoms with Crippen molar-refractivity contribution in [2.24, 2.45) is 0 Å². The Balaban J connectivity index is 3.06. The Kier molecular flexibility index (Phi) is 4.91. The van der Waals surface area contributed by atoms with Gasteiger partial charge >= 0.3 is 5.97 Å². The standard InChI is InChI=1S/C12H11F3O4/c1-3-19-12(17)8(16)5-6-4-7(13)10(15)11(18-2)9(6)14/h4H,3,5H2,1-2H3. The number of methoxy groups -OCH3 is 1. The molecule has 19 heavy (non-hydrogen) atoms. The molecule has 0 fully saturated rings. The van der Waals surface area contributed by atoms with E-state index in [2.05, 4.69) is 9.47 Å². The van der Waals surface area contributed by atoms with E-state index in [1.54, 1.807) is 0 Å². The van der Waals surface area contributed by atoms with E-state index in [1.165, 1.54) is 6.92 Å². The number of hydrogen-bond donors (Lipinski definition) is 0. The smallest absolute Gasteiger partial charge is 0.374 e. The van der Waals surface area contributed by atoms with Gasteiger partial charge in [-0.15, -0.1) is 0 Å². The van der Waals surface area contributed by atoms with Gasteiger partial charge in [-0.25, -0.2) is 13.6 Å². The van der Waals surface area contributed by atoms with Crippen LogP contribution in [0.5, 0.6) is 5.75 Å². The average Bonchev–Trinajstić information content (AvgIpc) is 2.37. The van der Waals surface area contributed by atoms with Crippen LogP contribution in [0.4, 0.5) is 13.2 Å². The number of benzene rings is 1. The maximum Gasteiger partial charge on any atom is 0.374 e. The van der Waals surface area contributed by atoms with Crippen molar-refractivity contribution in [1.82, 2.24) is 0 Å². The van der Waals surface area contributed by atoms with E-state index >= 15 is 0 Å². The molecule has 104 valence electrons. The van der Waals surface area contributed by atoms with Crippen molar-refractivity contribution in [3.63, 3.8) is 0 Å². The van der Waals surface area contributed by atoms with Gasteiger partial charge in [0.2, 0.25) is 11.6 Å². The Hall–Kier alpha value is -2.05. The summed E-state index contributed by atoms with van der Waals surface area (Å²) in [6.45, 7) is 1.47. The van der Waals surface area contributed by atoms with Gasteiger partial charge in [0.05, 0.1) is 13.7 Å². The first-order valence-electron chi connectivity index (χ1n) is 5.32. The van der Waals surface area contributed by atoms with Gasteiger partial charge in [-0.2, -0.15) is 4.39 Å². The van der Waals surface area contributed by atoms with Crippen LogP contribution < -0.4 is 4.74 Å². The summed E-state index contributed by atoms with van der Waals surface area (Å²) < 4.78 is 48.8. The van der Waals surface area contributed by atoms with E-state index in [0.717, 1.165) is 7.11 Å². The number of Topliss-reactive ketones (excluding diaryl/α,β-unsaturated/α-hetero) is 1. The molecule has 0 heterocycles. The van der Waals surface area contributed by atoms with Crippen molar-refractivity contribution in [2.45, 2.75) is 13.3 Å². The summed E-state index contributed by atoms with van der Waals surface area (Å²) in [6, 6.07) is 0.504. The molecule has 0 aliphatic rings. The van der Waals surface area contributed by atoms with Crippen LogP contribution in [0.25, 0.3) is 0 Å². The second-order valence-electron chi connectivity index (χ2n) is 3.50. The Morgan fingerprint density at radius 2 is 1.84 bits per heavy atom. The highest BCUT2D eigenvalue weighted by Crippen LogP contribution is 2.27. The molecule has 1 aromatic carbocycles. The number of carbonyl (C=O) groups excluding carboxylic acids is 2. The van der Waals surface area contributed by atoms with E-state index < -0.39 is 46.9 Å². The van der Waals surface area contributed by atoms with Crippen molar-refractivity contribution < 1.29 is 32.2 Å². The number of halogens is 3. The predicted octanol–water partition coefficient (Wildman–Crippen LogP) is 1.79. The minimum Gasteiger partial charge on any atom is -0.491 e. The molecule has 1 aromatic rings.